The van der Waals surface area contributed by atoms with Crippen LogP contribution in [0.4, 0.5) is 11.5 Å². The number of nitrogens with zero attached hydrogens (tertiary/aromatic N) is 8. The molecule has 12 heteroatoms. The van der Waals surface area contributed by atoms with Crippen LogP contribution in [0.3, 0.4) is 0 Å². The zero-order chi connectivity index (χ0) is 26.9. The molecule has 1 saturated heterocycles. The highest BCUT2D eigenvalue weighted by molar-refractivity contribution is 5.68. The van der Waals surface area contributed by atoms with Crippen LogP contribution in [0.15, 0.2) is 64.2 Å². The number of piperazine rings is 1. The molecule has 4 heterocycles. The lowest BCUT2D eigenvalue weighted by atomic mass is 10.1. The first-order valence-electron chi connectivity index (χ1n) is 12.6. The predicted molar refractivity (Wildman–Crippen MR) is 145 cm³/mol. The van der Waals surface area contributed by atoms with E-state index < -0.39 is 0 Å². The van der Waals surface area contributed by atoms with E-state index in [0.717, 1.165) is 26.2 Å². The predicted octanol–water partition coefficient (Wildman–Crippen LogP) is 2.64. The molecule has 1 aliphatic heterocycles. The third-order valence-corrected chi connectivity index (χ3v) is 6.86. The number of benzene rings is 2. The first-order valence-corrected chi connectivity index (χ1v) is 12.6. The van der Waals surface area contributed by atoms with E-state index in [1.807, 2.05) is 12.1 Å². The number of fused-ring (bicyclic) bond motifs is 1. The van der Waals surface area contributed by atoms with Gasteiger partial charge in [0.1, 0.15) is 6.54 Å². The van der Waals surface area contributed by atoms with Crippen LogP contribution in [0.25, 0.3) is 17.0 Å². The number of para-hydroxylation sites is 1. The van der Waals surface area contributed by atoms with Crippen molar-refractivity contribution < 1.29 is 14.0 Å². The molecule has 2 aromatic carbocycles. The van der Waals surface area contributed by atoms with Crippen molar-refractivity contribution in [2.24, 2.45) is 0 Å². The molecule has 0 spiro atoms. The Hall–Kier alpha value is -4.87. The highest BCUT2D eigenvalue weighted by atomic mass is 16.5. The summed E-state index contributed by atoms with van der Waals surface area (Å²) in [4.78, 5) is 26.7. The van der Waals surface area contributed by atoms with E-state index in [2.05, 4.69) is 61.2 Å². The molecular formula is C27H28N8O4. The average Bonchev–Trinajstić information content (AvgIpc) is 3.57. The number of rotatable bonds is 7. The molecule has 39 heavy (non-hydrogen) atoms. The van der Waals surface area contributed by atoms with Gasteiger partial charge in [0.05, 0.1) is 19.8 Å². The second-order valence-electron chi connectivity index (χ2n) is 9.25. The molecule has 0 amide bonds. The first-order chi connectivity index (χ1) is 19.1. The fraction of sp³-hybridized carbons (Fsp3) is 0.296. The molecule has 1 fully saturated rings. The summed E-state index contributed by atoms with van der Waals surface area (Å²) in [5, 5.41) is 8.67. The molecule has 0 saturated carbocycles. The highest BCUT2D eigenvalue weighted by Crippen LogP contribution is 2.36. The summed E-state index contributed by atoms with van der Waals surface area (Å²) >= 11 is 0. The van der Waals surface area contributed by atoms with Crippen LogP contribution in [0.5, 0.6) is 11.5 Å². The van der Waals surface area contributed by atoms with Gasteiger partial charge in [-0.2, -0.15) is 4.98 Å². The Morgan fingerprint density at radius 1 is 0.974 bits per heavy atom. The van der Waals surface area contributed by atoms with Crippen LogP contribution >= 0.6 is 0 Å². The Bertz CT molecular complexity index is 1670. The Kier molecular flexibility index (Phi) is 6.35. The monoisotopic (exact) mass is 528 g/mol. The fourth-order valence-corrected chi connectivity index (χ4v) is 4.81. The maximum Gasteiger partial charge on any atom is 0.350 e. The normalized spacial score (nSPS) is 13.7. The molecular weight excluding hydrogens is 500 g/mol. The Balaban J connectivity index is 1.23. The molecule has 6 rings (SSSR count). The van der Waals surface area contributed by atoms with Crippen LogP contribution in [0, 0.1) is 6.92 Å². The van der Waals surface area contributed by atoms with Crippen LogP contribution in [0.1, 0.15) is 11.5 Å². The molecule has 12 nitrogen and oxygen atoms in total. The molecule has 0 radical (unpaired) electrons. The van der Waals surface area contributed by atoms with Crippen LogP contribution in [0.2, 0.25) is 0 Å². The fourth-order valence-electron chi connectivity index (χ4n) is 4.81. The summed E-state index contributed by atoms with van der Waals surface area (Å²) < 4.78 is 19.1. The Morgan fingerprint density at radius 2 is 1.74 bits per heavy atom. The van der Waals surface area contributed by atoms with Crippen molar-refractivity contribution in [1.29, 1.82) is 0 Å². The minimum absolute atomic E-state index is 0.0143. The van der Waals surface area contributed by atoms with Gasteiger partial charge in [0.15, 0.2) is 17.3 Å². The van der Waals surface area contributed by atoms with Crippen LogP contribution in [-0.2, 0) is 6.54 Å². The number of aryl methyl sites for hydroxylation is 1. The van der Waals surface area contributed by atoms with Crippen LogP contribution < -0.4 is 25.0 Å². The standard InChI is InChI=1S/C27H28N8O4/c1-18-7-9-19(10-8-18)32-13-15-33(16-14-32)25-26-30-35(27(36)34(26)12-11-28-25)17-22-29-24(31-39-22)20-5-4-6-21(37-2)23(20)38-3/h4-12H,13-17H2,1-3H3. The van der Waals surface area contributed by atoms with Gasteiger partial charge >= 0.3 is 5.69 Å². The molecule has 0 unspecified atom stereocenters. The molecule has 0 atom stereocenters. The minimum atomic E-state index is -0.314. The summed E-state index contributed by atoms with van der Waals surface area (Å²) in [7, 11) is 3.11. The van der Waals surface area contributed by atoms with Crippen molar-refractivity contribution in [3.63, 3.8) is 0 Å². The second kappa shape index (κ2) is 10.1. The van der Waals surface area contributed by atoms with E-state index in [0.29, 0.717) is 34.4 Å². The third kappa shape index (κ3) is 4.54. The van der Waals surface area contributed by atoms with E-state index in [1.54, 1.807) is 32.7 Å². The van der Waals surface area contributed by atoms with Crippen molar-refractivity contribution in [1.82, 2.24) is 29.3 Å². The molecule has 1 aliphatic rings. The summed E-state index contributed by atoms with van der Waals surface area (Å²) in [6.45, 7) is 5.31. The molecule has 3 aromatic heterocycles. The summed E-state index contributed by atoms with van der Waals surface area (Å²) in [6.07, 6.45) is 3.25. The smallest absolute Gasteiger partial charge is 0.350 e. The van der Waals surface area contributed by atoms with Crippen LogP contribution in [-0.4, -0.2) is 69.7 Å². The molecule has 5 aromatic rings. The van der Waals surface area contributed by atoms with Crippen molar-refractivity contribution in [2.45, 2.75) is 13.5 Å². The van der Waals surface area contributed by atoms with E-state index in [1.165, 1.54) is 20.3 Å². The van der Waals surface area contributed by atoms with Crippen molar-refractivity contribution in [3.8, 4) is 22.9 Å². The van der Waals surface area contributed by atoms with E-state index in [4.69, 9.17) is 14.0 Å². The quantitative estimate of drug-likeness (QED) is 0.312. The zero-order valence-corrected chi connectivity index (χ0v) is 21.9. The number of methoxy groups -OCH3 is 2. The summed E-state index contributed by atoms with van der Waals surface area (Å²) in [6, 6.07) is 14.0. The van der Waals surface area contributed by atoms with Gasteiger partial charge in [-0.15, -0.1) is 5.10 Å². The average molecular weight is 529 g/mol. The van der Waals surface area contributed by atoms with Gasteiger partial charge in [0, 0.05) is 44.3 Å². The second-order valence-corrected chi connectivity index (χ2v) is 9.25. The van der Waals surface area contributed by atoms with E-state index in [-0.39, 0.29) is 18.1 Å². The summed E-state index contributed by atoms with van der Waals surface area (Å²) in [5.41, 5.74) is 3.24. The lowest BCUT2D eigenvalue weighted by Crippen LogP contribution is -2.47. The maximum absolute atomic E-state index is 13.2. The van der Waals surface area contributed by atoms with Gasteiger partial charge in [-0.1, -0.05) is 28.9 Å². The molecule has 0 bridgehead atoms. The lowest BCUT2D eigenvalue weighted by molar-refractivity contribution is 0.354. The van der Waals surface area contributed by atoms with Gasteiger partial charge in [-0.25, -0.2) is 18.9 Å². The highest BCUT2D eigenvalue weighted by Gasteiger charge is 2.23. The van der Waals surface area contributed by atoms with Crippen molar-refractivity contribution in [3.05, 3.63) is 76.8 Å². The van der Waals surface area contributed by atoms with E-state index >= 15 is 0 Å². The van der Waals surface area contributed by atoms with Gasteiger partial charge in [-0.05, 0) is 31.2 Å². The van der Waals surface area contributed by atoms with Gasteiger partial charge in [-0.3, -0.25) is 0 Å². The van der Waals surface area contributed by atoms with Crippen molar-refractivity contribution in [2.75, 3.05) is 50.2 Å². The Labute approximate surface area is 224 Å². The Morgan fingerprint density at radius 3 is 2.49 bits per heavy atom. The maximum atomic E-state index is 13.2. The molecule has 0 N–H and O–H groups in total. The minimum Gasteiger partial charge on any atom is -0.493 e. The number of hydrogen-bond acceptors (Lipinski definition) is 10. The number of anilines is 2. The number of ether oxygens (including phenoxy) is 2. The topological polar surface area (TPSA) is 116 Å². The molecule has 200 valence electrons. The summed E-state index contributed by atoms with van der Waals surface area (Å²) in [5.74, 6) is 2.28. The first kappa shape index (κ1) is 24.5. The lowest BCUT2D eigenvalue weighted by Gasteiger charge is -2.36. The molecule has 0 aliphatic carbocycles. The van der Waals surface area contributed by atoms with E-state index in [9.17, 15) is 4.79 Å². The van der Waals surface area contributed by atoms with Gasteiger partial charge < -0.3 is 23.8 Å². The SMILES string of the molecule is COc1cccc(-c2noc(Cn3nc4c(N5CCN(c6ccc(C)cc6)CC5)nccn4c3=O)n2)c1OC. The van der Waals surface area contributed by atoms with Crippen molar-refractivity contribution >= 4 is 17.2 Å². The largest absolute Gasteiger partial charge is 0.493 e. The third-order valence-electron chi connectivity index (χ3n) is 6.86. The van der Waals surface area contributed by atoms with Gasteiger partial charge in [0.25, 0.3) is 0 Å². The zero-order valence-electron chi connectivity index (χ0n) is 21.9. The van der Waals surface area contributed by atoms with Gasteiger partial charge in [0.2, 0.25) is 17.4 Å². The number of aromatic nitrogens is 6. The number of hydrogen-bond donors (Lipinski definition) is 0.